The topological polar surface area (TPSA) is 63.5 Å². The van der Waals surface area contributed by atoms with Crippen molar-refractivity contribution in [1.82, 2.24) is 20.4 Å². The molecule has 2 rings (SSSR count). The lowest BCUT2D eigenvalue weighted by atomic mass is 10.1. The number of aliphatic imine (C=N–C) groups is 1. The highest BCUT2D eigenvalue weighted by Gasteiger charge is 2.04. The first-order chi connectivity index (χ1) is 13.2. The summed E-state index contributed by atoms with van der Waals surface area (Å²) in [6.07, 6.45) is 5.97. The lowest BCUT2D eigenvalue weighted by molar-refractivity contribution is 0.0646. The van der Waals surface area contributed by atoms with E-state index >= 15 is 0 Å². The van der Waals surface area contributed by atoms with Gasteiger partial charge in [-0.2, -0.15) is 5.10 Å². The molecule has 0 aliphatic rings. The van der Waals surface area contributed by atoms with Crippen molar-refractivity contribution in [3.05, 3.63) is 53.9 Å². The summed E-state index contributed by atoms with van der Waals surface area (Å²) in [6, 6.07) is 10.3. The van der Waals surface area contributed by atoms with Crippen molar-refractivity contribution in [3.63, 3.8) is 0 Å². The monoisotopic (exact) mass is 499 g/mol. The molecule has 7 heteroatoms. The van der Waals surface area contributed by atoms with Crippen LogP contribution in [-0.2, 0) is 11.3 Å². The van der Waals surface area contributed by atoms with Crippen molar-refractivity contribution < 1.29 is 4.74 Å². The number of nitrogens with one attached hydrogen (secondary N) is 2. The molecule has 0 spiro atoms. The van der Waals surface area contributed by atoms with Gasteiger partial charge in [0, 0.05) is 39.0 Å². The molecule has 0 radical (unpaired) electrons. The Morgan fingerprint density at radius 2 is 2.00 bits per heavy atom. The van der Waals surface area contributed by atoms with E-state index in [4.69, 9.17) is 4.74 Å². The highest BCUT2D eigenvalue weighted by molar-refractivity contribution is 14.0. The van der Waals surface area contributed by atoms with E-state index in [0.29, 0.717) is 0 Å². The second-order valence-electron chi connectivity index (χ2n) is 6.60. The first-order valence-electron chi connectivity index (χ1n) is 9.87. The zero-order chi connectivity index (χ0) is 19.3. The normalized spacial score (nSPS) is 12.3. The number of aryl methyl sites for hydroxylation is 2. The molecule has 0 saturated carbocycles. The largest absolute Gasteiger partial charge is 0.374 e. The Morgan fingerprint density at radius 1 is 1.21 bits per heavy atom. The summed E-state index contributed by atoms with van der Waals surface area (Å²) in [4.78, 5) is 4.63. The number of hydrogen-bond donors (Lipinski definition) is 2. The highest BCUT2D eigenvalue weighted by atomic mass is 127. The Balaban J connectivity index is 0.00000392. The first-order valence-corrected chi connectivity index (χ1v) is 9.87. The maximum Gasteiger partial charge on any atom is 0.191 e. The third kappa shape index (κ3) is 9.54. The van der Waals surface area contributed by atoms with Crippen LogP contribution in [0, 0.1) is 6.92 Å². The van der Waals surface area contributed by atoms with Crippen LogP contribution in [0.1, 0.15) is 43.9 Å². The molecule has 2 N–H and O–H groups in total. The van der Waals surface area contributed by atoms with Crippen molar-refractivity contribution >= 4 is 29.9 Å². The van der Waals surface area contributed by atoms with E-state index in [1.54, 1.807) is 0 Å². The first kappa shape index (κ1) is 24.4. The molecule has 0 bridgehead atoms. The Morgan fingerprint density at radius 3 is 2.68 bits per heavy atom. The second-order valence-corrected chi connectivity index (χ2v) is 6.60. The third-order valence-electron chi connectivity index (χ3n) is 4.17. The molecule has 2 aromatic rings. The molecule has 1 aromatic heterocycles. The van der Waals surface area contributed by atoms with Crippen molar-refractivity contribution in [2.75, 3.05) is 26.2 Å². The van der Waals surface area contributed by atoms with E-state index in [0.717, 1.165) is 51.6 Å². The zero-order valence-corrected chi connectivity index (χ0v) is 19.6. The number of hydrogen-bond acceptors (Lipinski definition) is 3. The minimum absolute atomic E-state index is 0. The van der Waals surface area contributed by atoms with Gasteiger partial charge in [0.2, 0.25) is 0 Å². The summed E-state index contributed by atoms with van der Waals surface area (Å²) >= 11 is 0. The van der Waals surface area contributed by atoms with Gasteiger partial charge in [0.25, 0.3) is 0 Å². The SMILES string of the molecule is CCNC(=NCCCn1cc(C)cn1)NCCCOC(C)c1ccccc1.I. The lowest BCUT2D eigenvalue weighted by Crippen LogP contribution is -2.38. The summed E-state index contributed by atoms with van der Waals surface area (Å²) in [7, 11) is 0. The fourth-order valence-corrected chi connectivity index (χ4v) is 2.71. The Hall–Kier alpha value is -1.61. The van der Waals surface area contributed by atoms with E-state index in [9.17, 15) is 0 Å². The van der Waals surface area contributed by atoms with Crippen LogP contribution in [0.2, 0.25) is 0 Å². The fraction of sp³-hybridized carbons (Fsp3) is 0.524. The minimum Gasteiger partial charge on any atom is -0.374 e. The number of nitrogens with zero attached hydrogens (tertiary/aromatic N) is 3. The molecule has 0 saturated heterocycles. The minimum atomic E-state index is 0. The van der Waals surface area contributed by atoms with Gasteiger partial charge in [0.15, 0.2) is 5.96 Å². The third-order valence-corrected chi connectivity index (χ3v) is 4.17. The Kier molecular flexibility index (Phi) is 12.6. The predicted molar refractivity (Wildman–Crippen MR) is 126 cm³/mol. The van der Waals surface area contributed by atoms with Gasteiger partial charge in [-0.15, -0.1) is 24.0 Å². The molecule has 1 atom stereocenters. The van der Waals surface area contributed by atoms with Crippen LogP contribution >= 0.6 is 24.0 Å². The summed E-state index contributed by atoms with van der Waals surface area (Å²) < 4.78 is 7.88. The molecule has 28 heavy (non-hydrogen) atoms. The van der Waals surface area contributed by atoms with Crippen molar-refractivity contribution in [1.29, 1.82) is 0 Å². The van der Waals surface area contributed by atoms with E-state index < -0.39 is 0 Å². The van der Waals surface area contributed by atoms with Gasteiger partial charge in [-0.1, -0.05) is 30.3 Å². The molecule has 1 unspecified atom stereocenters. The molecular weight excluding hydrogens is 465 g/mol. The van der Waals surface area contributed by atoms with E-state index in [-0.39, 0.29) is 30.1 Å². The van der Waals surface area contributed by atoms with Gasteiger partial charge in [-0.05, 0) is 44.7 Å². The standard InChI is InChI=1S/C21H33N5O.HI/c1-4-22-21(23-12-8-14-26-17-18(2)16-25-26)24-13-9-15-27-19(3)20-10-6-5-7-11-20;/h5-7,10-11,16-17,19H,4,8-9,12-15H2,1-3H3,(H2,22,23,24);1H. The van der Waals surface area contributed by atoms with Crippen LogP contribution in [0.15, 0.2) is 47.7 Å². The van der Waals surface area contributed by atoms with Crippen LogP contribution < -0.4 is 10.6 Å². The highest BCUT2D eigenvalue weighted by Crippen LogP contribution is 2.15. The molecule has 1 aromatic carbocycles. The number of benzene rings is 1. The number of rotatable bonds is 11. The molecule has 0 aliphatic carbocycles. The quantitative estimate of drug-likeness (QED) is 0.213. The maximum absolute atomic E-state index is 5.91. The van der Waals surface area contributed by atoms with Crippen molar-refractivity contribution in [2.24, 2.45) is 4.99 Å². The van der Waals surface area contributed by atoms with Gasteiger partial charge in [-0.3, -0.25) is 9.67 Å². The number of guanidine groups is 1. The van der Waals surface area contributed by atoms with Crippen LogP contribution in [-0.4, -0.2) is 42.0 Å². The second kappa shape index (κ2) is 14.4. The number of ether oxygens (including phenoxy) is 1. The number of aromatic nitrogens is 2. The maximum atomic E-state index is 5.91. The smallest absolute Gasteiger partial charge is 0.191 e. The van der Waals surface area contributed by atoms with E-state index in [1.165, 1.54) is 11.1 Å². The van der Waals surface area contributed by atoms with Gasteiger partial charge >= 0.3 is 0 Å². The van der Waals surface area contributed by atoms with Crippen molar-refractivity contribution in [3.8, 4) is 0 Å². The van der Waals surface area contributed by atoms with Gasteiger partial charge in [-0.25, -0.2) is 0 Å². The molecule has 1 heterocycles. The average Bonchev–Trinajstić information content (AvgIpc) is 3.10. The van der Waals surface area contributed by atoms with E-state index in [1.807, 2.05) is 29.1 Å². The summed E-state index contributed by atoms with van der Waals surface area (Å²) in [5.41, 5.74) is 2.41. The molecule has 0 amide bonds. The average molecular weight is 499 g/mol. The van der Waals surface area contributed by atoms with E-state index in [2.05, 4.69) is 59.8 Å². The summed E-state index contributed by atoms with van der Waals surface area (Å²) in [6.45, 7) is 10.3. The molecule has 0 fully saturated rings. The summed E-state index contributed by atoms with van der Waals surface area (Å²) in [5.74, 6) is 0.866. The Labute approximate surface area is 186 Å². The van der Waals surface area contributed by atoms with Gasteiger partial charge < -0.3 is 15.4 Å². The van der Waals surface area contributed by atoms with Gasteiger partial charge in [0.1, 0.15) is 0 Å². The molecule has 0 aliphatic heterocycles. The van der Waals surface area contributed by atoms with Crippen LogP contribution in [0.25, 0.3) is 0 Å². The molecule has 6 nitrogen and oxygen atoms in total. The molecular formula is C21H34IN5O. The Bertz CT molecular complexity index is 674. The zero-order valence-electron chi connectivity index (χ0n) is 17.2. The summed E-state index contributed by atoms with van der Waals surface area (Å²) in [5, 5.41) is 11.0. The van der Waals surface area contributed by atoms with Crippen LogP contribution in [0.3, 0.4) is 0 Å². The molecule has 156 valence electrons. The van der Waals surface area contributed by atoms with Crippen LogP contribution in [0.5, 0.6) is 0 Å². The van der Waals surface area contributed by atoms with Gasteiger partial charge in [0.05, 0.1) is 12.3 Å². The fourth-order valence-electron chi connectivity index (χ4n) is 2.71. The van der Waals surface area contributed by atoms with Crippen molar-refractivity contribution in [2.45, 2.75) is 46.3 Å². The predicted octanol–water partition coefficient (Wildman–Crippen LogP) is 3.92. The lowest BCUT2D eigenvalue weighted by Gasteiger charge is -2.14. The van der Waals surface area contributed by atoms with Crippen LogP contribution in [0.4, 0.5) is 0 Å². The number of halogens is 1.